The number of esters is 1. The van der Waals surface area contributed by atoms with Crippen LogP contribution in [0.5, 0.6) is 0 Å². The van der Waals surface area contributed by atoms with Crippen LogP contribution in [-0.2, 0) is 9.53 Å². The maximum atomic E-state index is 11.0. The SMILES string of the molecule is CCCCC#CC(OC(C)=O)c1ccccc1. The van der Waals surface area contributed by atoms with Gasteiger partial charge in [-0.2, -0.15) is 0 Å². The second kappa shape index (κ2) is 7.51. The van der Waals surface area contributed by atoms with Gasteiger partial charge in [-0.1, -0.05) is 55.5 Å². The highest BCUT2D eigenvalue weighted by atomic mass is 16.5. The summed E-state index contributed by atoms with van der Waals surface area (Å²) in [4.78, 5) is 11.0. The number of hydrogen-bond donors (Lipinski definition) is 0. The van der Waals surface area contributed by atoms with E-state index in [1.807, 2.05) is 30.3 Å². The Morgan fingerprint density at radius 3 is 2.65 bits per heavy atom. The zero-order valence-corrected chi connectivity index (χ0v) is 10.4. The minimum atomic E-state index is -0.439. The van der Waals surface area contributed by atoms with E-state index < -0.39 is 6.10 Å². The topological polar surface area (TPSA) is 26.3 Å². The molecule has 0 saturated heterocycles. The summed E-state index contributed by atoms with van der Waals surface area (Å²) < 4.78 is 5.20. The molecule has 0 aliphatic rings. The molecular weight excluding hydrogens is 212 g/mol. The lowest BCUT2D eigenvalue weighted by molar-refractivity contribution is -0.144. The molecule has 1 unspecified atom stereocenters. The van der Waals surface area contributed by atoms with E-state index in [-0.39, 0.29) is 5.97 Å². The zero-order chi connectivity index (χ0) is 12.5. The Morgan fingerprint density at radius 1 is 1.35 bits per heavy atom. The van der Waals surface area contributed by atoms with Crippen LogP contribution in [0, 0.1) is 11.8 Å². The van der Waals surface area contributed by atoms with Crippen molar-refractivity contribution < 1.29 is 9.53 Å². The Morgan fingerprint density at radius 2 is 2.06 bits per heavy atom. The predicted molar refractivity (Wildman–Crippen MR) is 68.3 cm³/mol. The van der Waals surface area contributed by atoms with Crippen LogP contribution in [-0.4, -0.2) is 5.97 Å². The molecule has 0 heterocycles. The van der Waals surface area contributed by atoms with Gasteiger partial charge in [-0.05, 0) is 6.42 Å². The molecule has 0 saturated carbocycles. The third-order valence-corrected chi connectivity index (χ3v) is 2.27. The summed E-state index contributed by atoms with van der Waals surface area (Å²) in [6.45, 7) is 3.53. The maximum absolute atomic E-state index is 11.0. The van der Waals surface area contributed by atoms with E-state index in [0.717, 1.165) is 24.8 Å². The van der Waals surface area contributed by atoms with Gasteiger partial charge in [0.05, 0.1) is 0 Å². The Balaban J connectivity index is 2.73. The zero-order valence-electron chi connectivity index (χ0n) is 10.4. The number of ether oxygens (including phenoxy) is 1. The van der Waals surface area contributed by atoms with Gasteiger partial charge in [0.15, 0.2) is 6.10 Å². The highest BCUT2D eigenvalue weighted by molar-refractivity contribution is 5.66. The highest BCUT2D eigenvalue weighted by Crippen LogP contribution is 2.16. The summed E-state index contributed by atoms with van der Waals surface area (Å²) in [7, 11) is 0. The summed E-state index contributed by atoms with van der Waals surface area (Å²) in [6, 6.07) is 9.60. The molecule has 0 radical (unpaired) electrons. The van der Waals surface area contributed by atoms with Gasteiger partial charge in [0.25, 0.3) is 0 Å². The van der Waals surface area contributed by atoms with Crippen LogP contribution < -0.4 is 0 Å². The van der Waals surface area contributed by atoms with Crippen molar-refractivity contribution in [3.05, 3.63) is 35.9 Å². The van der Waals surface area contributed by atoms with Crippen LogP contribution in [0.3, 0.4) is 0 Å². The molecular formula is C15H18O2. The van der Waals surface area contributed by atoms with Gasteiger partial charge in [0.2, 0.25) is 0 Å². The molecule has 0 bridgehead atoms. The molecule has 0 N–H and O–H groups in total. The summed E-state index contributed by atoms with van der Waals surface area (Å²) in [6.07, 6.45) is 2.61. The van der Waals surface area contributed by atoms with E-state index in [9.17, 15) is 4.79 Å². The molecule has 0 aliphatic carbocycles. The number of carbonyl (C=O) groups excluding carboxylic acids is 1. The van der Waals surface area contributed by atoms with Crippen LogP contribution in [0.15, 0.2) is 30.3 Å². The normalized spacial score (nSPS) is 11.2. The van der Waals surface area contributed by atoms with Gasteiger partial charge in [0, 0.05) is 18.9 Å². The summed E-state index contributed by atoms with van der Waals surface area (Å²) >= 11 is 0. The number of hydrogen-bond acceptors (Lipinski definition) is 2. The fourth-order valence-electron chi connectivity index (χ4n) is 1.40. The fraction of sp³-hybridized carbons (Fsp3) is 0.400. The molecule has 90 valence electrons. The van der Waals surface area contributed by atoms with E-state index >= 15 is 0 Å². The number of benzene rings is 1. The standard InChI is InChI=1S/C15H18O2/c1-3-4-5-9-12-15(17-13(2)16)14-10-7-6-8-11-14/h6-8,10-11,15H,3-5H2,1-2H3. The van der Waals surface area contributed by atoms with Crippen LogP contribution in [0.25, 0.3) is 0 Å². The first kappa shape index (κ1) is 13.3. The first-order valence-electron chi connectivity index (χ1n) is 5.94. The van der Waals surface area contributed by atoms with E-state index in [0.29, 0.717) is 0 Å². The van der Waals surface area contributed by atoms with Crippen molar-refractivity contribution in [3.8, 4) is 11.8 Å². The number of unbranched alkanes of at least 4 members (excludes halogenated alkanes) is 2. The average Bonchev–Trinajstić information content (AvgIpc) is 2.34. The second-order valence-corrected chi connectivity index (χ2v) is 3.82. The van der Waals surface area contributed by atoms with Gasteiger partial charge >= 0.3 is 5.97 Å². The van der Waals surface area contributed by atoms with Gasteiger partial charge < -0.3 is 4.74 Å². The van der Waals surface area contributed by atoms with Crippen molar-refractivity contribution >= 4 is 5.97 Å². The van der Waals surface area contributed by atoms with Gasteiger partial charge in [-0.25, -0.2) is 0 Å². The van der Waals surface area contributed by atoms with Crippen molar-refractivity contribution in [2.45, 2.75) is 39.2 Å². The van der Waals surface area contributed by atoms with Crippen molar-refractivity contribution in [2.24, 2.45) is 0 Å². The largest absolute Gasteiger partial charge is 0.444 e. The molecule has 0 fully saturated rings. The third-order valence-electron chi connectivity index (χ3n) is 2.27. The number of rotatable bonds is 4. The lowest BCUT2D eigenvalue weighted by Gasteiger charge is -2.10. The Kier molecular flexibility index (Phi) is 5.88. The summed E-state index contributed by atoms with van der Waals surface area (Å²) in [5, 5.41) is 0. The first-order valence-corrected chi connectivity index (χ1v) is 5.94. The molecule has 2 nitrogen and oxygen atoms in total. The second-order valence-electron chi connectivity index (χ2n) is 3.82. The minimum absolute atomic E-state index is 0.302. The maximum Gasteiger partial charge on any atom is 0.304 e. The smallest absolute Gasteiger partial charge is 0.304 e. The van der Waals surface area contributed by atoms with Crippen molar-refractivity contribution in [1.82, 2.24) is 0 Å². The Hall–Kier alpha value is -1.75. The molecule has 0 amide bonds. The molecule has 1 atom stereocenters. The van der Waals surface area contributed by atoms with E-state index in [2.05, 4.69) is 18.8 Å². The lowest BCUT2D eigenvalue weighted by atomic mass is 10.1. The van der Waals surface area contributed by atoms with Gasteiger partial charge in [0.1, 0.15) is 0 Å². The molecule has 0 aliphatic heterocycles. The minimum Gasteiger partial charge on any atom is -0.444 e. The molecule has 1 rings (SSSR count). The first-order chi connectivity index (χ1) is 8.24. The summed E-state index contributed by atoms with van der Waals surface area (Å²) in [5.41, 5.74) is 0.923. The molecule has 1 aromatic carbocycles. The van der Waals surface area contributed by atoms with Crippen molar-refractivity contribution in [3.63, 3.8) is 0 Å². The fourth-order valence-corrected chi connectivity index (χ4v) is 1.40. The van der Waals surface area contributed by atoms with E-state index in [4.69, 9.17) is 4.74 Å². The molecule has 2 heteroatoms. The van der Waals surface area contributed by atoms with Crippen LogP contribution in [0.4, 0.5) is 0 Å². The van der Waals surface area contributed by atoms with Crippen LogP contribution in [0.1, 0.15) is 44.8 Å². The third kappa shape index (κ3) is 5.21. The summed E-state index contributed by atoms with van der Waals surface area (Å²) in [5.74, 6) is 5.77. The molecule has 17 heavy (non-hydrogen) atoms. The predicted octanol–water partition coefficient (Wildman–Crippen LogP) is 3.48. The van der Waals surface area contributed by atoms with E-state index in [1.54, 1.807) is 0 Å². The molecule has 0 aromatic heterocycles. The molecule has 1 aromatic rings. The quantitative estimate of drug-likeness (QED) is 0.449. The van der Waals surface area contributed by atoms with Gasteiger partial charge in [-0.15, -0.1) is 0 Å². The molecule has 0 spiro atoms. The average molecular weight is 230 g/mol. The highest BCUT2D eigenvalue weighted by Gasteiger charge is 2.10. The Bertz CT molecular complexity index is 398. The van der Waals surface area contributed by atoms with Crippen LogP contribution in [0.2, 0.25) is 0 Å². The number of carbonyl (C=O) groups is 1. The Labute approximate surface area is 103 Å². The van der Waals surface area contributed by atoms with Gasteiger partial charge in [-0.3, -0.25) is 4.79 Å². The van der Waals surface area contributed by atoms with E-state index in [1.165, 1.54) is 6.92 Å². The monoisotopic (exact) mass is 230 g/mol. The van der Waals surface area contributed by atoms with Crippen molar-refractivity contribution in [1.29, 1.82) is 0 Å². The van der Waals surface area contributed by atoms with Crippen LogP contribution >= 0.6 is 0 Å². The lowest BCUT2D eigenvalue weighted by Crippen LogP contribution is -2.06. The van der Waals surface area contributed by atoms with Crippen molar-refractivity contribution in [2.75, 3.05) is 0 Å².